The molecule has 0 aliphatic carbocycles. The maximum absolute atomic E-state index is 6.19. The summed E-state index contributed by atoms with van der Waals surface area (Å²) in [6.45, 7) is 0. The van der Waals surface area contributed by atoms with Gasteiger partial charge in [0.05, 0.1) is 5.69 Å². The lowest BCUT2D eigenvalue weighted by Gasteiger charge is -2.09. The highest BCUT2D eigenvalue weighted by atomic mass is 35.5. The number of anilines is 1. The number of aromatic nitrogens is 2. The first kappa shape index (κ1) is 13.9. The molecule has 0 amide bonds. The van der Waals surface area contributed by atoms with Crippen molar-refractivity contribution >= 4 is 40.8 Å². The smallest absolute Gasteiger partial charge is 0.148 e. The molecule has 0 unspecified atom stereocenters. The number of nitrogen functional groups attached to an aromatic ring is 1. The zero-order valence-corrected chi connectivity index (χ0v) is 12.8. The van der Waals surface area contributed by atoms with Crippen molar-refractivity contribution in [2.75, 3.05) is 5.43 Å². The highest BCUT2D eigenvalue weighted by molar-refractivity contribution is 7.98. The quantitative estimate of drug-likeness (QED) is 0.668. The van der Waals surface area contributed by atoms with E-state index in [4.69, 9.17) is 29.0 Å². The third-order valence-corrected chi connectivity index (χ3v) is 4.68. The van der Waals surface area contributed by atoms with Crippen molar-refractivity contribution in [1.82, 2.24) is 9.97 Å². The van der Waals surface area contributed by atoms with Gasteiger partial charge in [-0.2, -0.15) is 11.8 Å². The molecule has 0 spiro atoms. The van der Waals surface area contributed by atoms with E-state index in [-0.39, 0.29) is 0 Å². The minimum Gasteiger partial charge on any atom is -0.308 e. The van der Waals surface area contributed by atoms with E-state index in [2.05, 4.69) is 15.4 Å². The lowest BCUT2D eigenvalue weighted by molar-refractivity contribution is 0.926. The van der Waals surface area contributed by atoms with E-state index in [0.29, 0.717) is 28.1 Å². The molecule has 0 saturated carbocycles. The first-order valence-corrected chi connectivity index (χ1v) is 7.95. The molecule has 3 rings (SSSR count). The molecule has 2 aromatic rings. The normalized spacial score (nSPS) is 13.3. The zero-order valence-electron chi connectivity index (χ0n) is 10.5. The Labute approximate surface area is 131 Å². The summed E-state index contributed by atoms with van der Waals surface area (Å²) in [5.74, 6) is 8.76. The van der Waals surface area contributed by atoms with Gasteiger partial charge < -0.3 is 5.43 Å². The van der Waals surface area contributed by atoms with Gasteiger partial charge >= 0.3 is 0 Å². The van der Waals surface area contributed by atoms with Crippen LogP contribution >= 0.6 is 35.0 Å². The first-order chi connectivity index (χ1) is 9.67. The molecular formula is C13H12Cl2N4S. The van der Waals surface area contributed by atoms with Crippen molar-refractivity contribution < 1.29 is 0 Å². The van der Waals surface area contributed by atoms with Gasteiger partial charge in [-0.05, 0) is 17.7 Å². The first-order valence-electron chi connectivity index (χ1n) is 6.04. The molecule has 1 aliphatic heterocycles. The number of nitrogens with two attached hydrogens (primary N) is 1. The highest BCUT2D eigenvalue weighted by Gasteiger charge is 2.19. The van der Waals surface area contributed by atoms with Crippen LogP contribution in [0.25, 0.3) is 0 Å². The maximum atomic E-state index is 6.19. The second kappa shape index (κ2) is 5.77. The molecule has 0 fully saturated rings. The SMILES string of the molecule is NNc1nc(Cc2ccc(Cl)cc2Cl)nc2c1CSC2. The van der Waals surface area contributed by atoms with Gasteiger partial charge in [0.2, 0.25) is 0 Å². The van der Waals surface area contributed by atoms with E-state index in [1.54, 1.807) is 6.07 Å². The van der Waals surface area contributed by atoms with E-state index < -0.39 is 0 Å². The van der Waals surface area contributed by atoms with Crippen molar-refractivity contribution in [3.63, 3.8) is 0 Å². The molecule has 7 heteroatoms. The predicted octanol–water partition coefficient (Wildman–Crippen LogP) is 3.41. The minimum atomic E-state index is 0.558. The number of nitrogens with zero attached hydrogens (tertiary/aromatic N) is 2. The van der Waals surface area contributed by atoms with Crippen molar-refractivity contribution in [3.8, 4) is 0 Å². The summed E-state index contributed by atoms with van der Waals surface area (Å²) in [7, 11) is 0. The fourth-order valence-electron chi connectivity index (χ4n) is 2.14. The number of thioether (sulfide) groups is 1. The molecule has 104 valence electrons. The second-order valence-corrected chi connectivity index (χ2v) is 6.29. The van der Waals surface area contributed by atoms with Crippen LogP contribution in [-0.2, 0) is 17.9 Å². The molecule has 2 heterocycles. The van der Waals surface area contributed by atoms with Gasteiger partial charge in [0, 0.05) is 33.5 Å². The van der Waals surface area contributed by atoms with Gasteiger partial charge in [0.1, 0.15) is 11.6 Å². The fraction of sp³-hybridized carbons (Fsp3) is 0.231. The molecule has 1 aromatic heterocycles. The Balaban J connectivity index is 1.95. The Morgan fingerprint density at radius 2 is 2.10 bits per heavy atom. The molecule has 3 N–H and O–H groups in total. The number of hydrazine groups is 1. The van der Waals surface area contributed by atoms with Crippen LogP contribution in [0.1, 0.15) is 22.6 Å². The summed E-state index contributed by atoms with van der Waals surface area (Å²) in [5, 5.41) is 1.24. The average Bonchev–Trinajstić information content (AvgIpc) is 2.89. The number of hydrogen-bond acceptors (Lipinski definition) is 5. The molecule has 0 radical (unpaired) electrons. The van der Waals surface area contributed by atoms with E-state index in [0.717, 1.165) is 28.3 Å². The summed E-state index contributed by atoms with van der Waals surface area (Å²) in [6.07, 6.45) is 0.558. The van der Waals surface area contributed by atoms with Gasteiger partial charge in [-0.25, -0.2) is 15.8 Å². The van der Waals surface area contributed by atoms with Crippen LogP contribution in [0.15, 0.2) is 18.2 Å². The molecular weight excluding hydrogens is 315 g/mol. The maximum Gasteiger partial charge on any atom is 0.148 e. The van der Waals surface area contributed by atoms with Gasteiger partial charge in [0.15, 0.2) is 0 Å². The van der Waals surface area contributed by atoms with Crippen LogP contribution < -0.4 is 11.3 Å². The zero-order chi connectivity index (χ0) is 14.1. The Kier molecular flexibility index (Phi) is 4.03. The van der Waals surface area contributed by atoms with Crippen LogP contribution in [0.5, 0.6) is 0 Å². The number of fused-ring (bicyclic) bond motifs is 1. The molecule has 1 aliphatic rings. The average molecular weight is 327 g/mol. The second-order valence-electron chi connectivity index (χ2n) is 4.46. The van der Waals surface area contributed by atoms with Crippen LogP contribution in [0.3, 0.4) is 0 Å². The van der Waals surface area contributed by atoms with Crippen molar-refractivity contribution in [2.24, 2.45) is 5.84 Å². The van der Waals surface area contributed by atoms with E-state index in [9.17, 15) is 0 Å². The van der Waals surface area contributed by atoms with Crippen LogP contribution in [0, 0.1) is 0 Å². The van der Waals surface area contributed by atoms with E-state index in [1.807, 2.05) is 23.9 Å². The van der Waals surface area contributed by atoms with E-state index >= 15 is 0 Å². The molecule has 0 bridgehead atoms. The Bertz CT molecular complexity index is 663. The summed E-state index contributed by atoms with van der Waals surface area (Å²) in [4.78, 5) is 9.07. The monoisotopic (exact) mass is 326 g/mol. The Hall–Kier alpha value is -1.01. The largest absolute Gasteiger partial charge is 0.308 e. The number of hydrogen-bond donors (Lipinski definition) is 2. The number of rotatable bonds is 3. The van der Waals surface area contributed by atoms with Crippen LogP contribution in [0.4, 0.5) is 5.82 Å². The van der Waals surface area contributed by atoms with Crippen molar-refractivity contribution in [1.29, 1.82) is 0 Å². The third kappa shape index (κ3) is 2.72. The molecule has 0 atom stereocenters. The molecule has 20 heavy (non-hydrogen) atoms. The summed E-state index contributed by atoms with van der Waals surface area (Å²) in [5.41, 5.74) is 5.76. The van der Waals surface area contributed by atoms with Crippen LogP contribution in [-0.4, -0.2) is 9.97 Å². The Morgan fingerprint density at radius 3 is 2.85 bits per heavy atom. The fourth-order valence-corrected chi connectivity index (χ4v) is 3.65. The van der Waals surface area contributed by atoms with Crippen molar-refractivity contribution in [2.45, 2.75) is 17.9 Å². The van der Waals surface area contributed by atoms with Crippen LogP contribution in [0.2, 0.25) is 10.0 Å². The summed E-state index contributed by atoms with van der Waals surface area (Å²) in [6, 6.07) is 5.43. The molecule has 4 nitrogen and oxygen atoms in total. The lowest BCUT2D eigenvalue weighted by Crippen LogP contribution is -2.14. The topological polar surface area (TPSA) is 63.8 Å². The van der Waals surface area contributed by atoms with E-state index in [1.165, 1.54) is 0 Å². The number of nitrogens with one attached hydrogen (secondary N) is 1. The van der Waals surface area contributed by atoms with Gasteiger partial charge in [-0.3, -0.25) is 0 Å². The van der Waals surface area contributed by atoms with Gasteiger partial charge in [0.25, 0.3) is 0 Å². The predicted molar refractivity (Wildman–Crippen MR) is 84.1 cm³/mol. The standard InChI is InChI=1S/C13H12Cl2N4S/c14-8-2-1-7(10(15)4-8)3-12-17-11-6-20-5-9(11)13(18-12)19-16/h1-2,4H,3,5-6,16H2,(H,17,18,19). The van der Waals surface area contributed by atoms with Crippen molar-refractivity contribution in [3.05, 3.63) is 50.9 Å². The third-order valence-electron chi connectivity index (χ3n) is 3.12. The lowest BCUT2D eigenvalue weighted by atomic mass is 10.1. The summed E-state index contributed by atoms with van der Waals surface area (Å²) < 4.78 is 0. The number of halogens is 2. The van der Waals surface area contributed by atoms with Gasteiger partial charge in [-0.15, -0.1) is 0 Å². The summed E-state index contributed by atoms with van der Waals surface area (Å²) >= 11 is 13.9. The molecule has 1 aromatic carbocycles. The number of benzene rings is 1. The highest BCUT2D eigenvalue weighted by Crippen LogP contribution is 2.33. The Morgan fingerprint density at radius 1 is 1.25 bits per heavy atom. The molecule has 0 saturated heterocycles. The van der Waals surface area contributed by atoms with Gasteiger partial charge in [-0.1, -0.05) is 29.3 Å². The minimum absolute atomic E-state index is 0.558.